The predicted octanol–water partition coefficient (Wildman–Crippen LogP) is 5.47. The first-order chi connectivity index (χ1) is 12.2. The van der Waals surface area contributed by atoms with E-state index < -0.39 is 17.6 Å². The monoisotopic (exact) mass is 378 g/mol. The van der Waals surface area contributed by atoms with Crippen molar-refractivity contribution in [3.05, 3.63) is 28.8 Å². The highest BCUT2D eigenvalue weighted by molar-refractivity contribution is 5.50. The number of aromatic hydroxyl groups is 1. The van der Waals surface area contributed by atoms with E-state index in [9.17, 15) is 15.3 Å². The molecule has 0 aliphatic heterocycles. The molecule has 1 aromatic carbocycles. The van der Waals surface area contributed by atoms with Crippen LogP contribution in [0.25, 0.3) is 0 Å². The van der Waals surface area contributed by atoms with Gasteiger partial charge in [-0.05, 0) is 54.2 Å². The molecule has 0 saturated heterocycles. The van der Waals surface area contributed by atoms with E-state index in [4.69, 9.17) is 0 Å². The van der Waals surface area contributed by atoms with E-state index in [2.05, 4.69) is 60.6 Å². The Morgan fingerprint density at radius 3 is 1.56 bits per heavy atom. The van der Waals surface area contributed by atoms with Gasteiger partial charge in [-0.2, -0.15) is 0 Å². The number of hydrogen-bond acceptors (Lipinski definition) is 3. The molecule has 3 nitrogen and oxygen atoms in total. The molecular formula is C24H42O3. The summed E-state index contributed by atoms with van der Waals surface area (Å²) in [5.41, 5.74) is 1.94. The van der Waals surface area contributed by atoms with E-state index in [1.54, 1.807) is 13.8 Å². The first-order valence-corrected chi connectivity index (χ1v) is 10.4. The molecule has 0 saturated carbocycles. The lowest BCUT2D eigenvalue weighted by molar-refractivity contribution is -0.0609. The van der Waals surface area contributed by atoms with Gasteiger partial charge in [0.25, 0.3) is 0 Å². The molecule has 2 atom stereocenters. The summed E-state index contributed by atoms with van der Waals surface area (Å²) in [4.78, 5) is 0. The molecule has 0 aliphatic rings. The molecule has 0 aliphatic carbocycles. The van der Waals surface area contributed by atoms with Gasteiger partial charge in [0.2, 0.25) is 0 Å². The van der Waals surface area contributed by atoms with Crippen LogP contribution >= 0.6 is 0 Å². The van der Waals surface area contributed by atoms with Gasteiger partial charge in [0.05, 0.1) is 12.2 Å². The molecule has 3 heteroatoms. The van der Waals surface area contributed by atoms with Gasteiger partial charge in [0.1, 0.15) is 5.75 Å². The summed E-state index contributed by atoms with van der Waals surface area (Å²) in [5, 5.41) is 32.2. The van der Waals surface area contributed by atoms with E-state index in [1.165, 1.54) is 0 Å². The zero-order valence-electron chi connectivity index (χ0n) is 19.0. The smallest absolute Gasteiger partial charge is 0.123 e. The minimum atomic E-state index is -0.617. The Morgan fingerprint density at radius 2 is 1.26 bits per heavy atom. The van der Waals surface area contributed by atoms with Crippen LogP contribution in [-0.4, -0.2) is 27.5 Å². The van der Waals surface area contributed by atoms with Crippen LogP contribution in [0.3, 0.4) is 0 Å². The second-order valence-corrected chi connectivity index (χ2v) is 10.4. The van der Waals surface area contributed by atoms with Crippen LogP contribution in [0.2, 0.25) is 0 Å². The molecule has 0 spiro atoms. The van der Waals surface area contributed by atoms with Crippen LogP contribution in [0, 0.1) is 5.41 Å². The molecule has 2 unspecified atom stereocenters. The van der Waals surface area contributed by atoms with Gasteiger partial charge in [-0.1, -0.05) is 73.4 Å². The maximum Gasteiger partial charge on any atom is 0.123 e. The fourth-order valence-electron chi connectivity index (χ4n) is 3.98. The summed E-state index contributed by atoms with van der Waals surface area (Å²) in [7, 11) is 0. The summed E-state index contributed by atoms with van der Waals surface area (Å²) in [6.45, 7) is 18.3. The van der Waals surface area contributed by atoms with Gasteiger partial charge < -0.3 is 15.3 Å². The number of phenols is 1. The number of hydrogen-bond donors (Lipinski definition) is 3. The highest BCUT2D eigenvalue weighted by Gasteiger charge is 2.40. The lowest BCUT2D eigenvalue weighted by Crippen LogP contribution is -2.44. The van der Waals surface area contributed by atoms with Gasteiger partial charge in [-0.15, -0.1) is 0 Å². The van der Waals surface area contributed by atoms with Crippen LogP contribution in [0.5, 0.6) is 5.75 Å². The molecule has 0 heterocycles. The second kappa shape index (κ2) is 8.53. The molecular weight excluding hydrogens is 336 g/mol. The average Bonchev–Trinajstić information content (AvgIpc) is 2.49. The van der Waals surface area contributed by atoms with Crippen molar-refractivity contribution in [1.29, 1.82) is 0 Å². The first kappa shape index (κ1) is 24.0. The van der Waals surface area contributed by atoms with E-state index in [-0.39, 0.29) is 10.8 Å². The highest BCUT2D eigenvalue weighted by atomic mass is 16.3. The number of benzene rings is 1. The predicted molar refractivity (Wildman–Crippen MR) is 115 cm³/mol. The van der Waals surface area contributed by atoms with Crippen molar-refractivity contribution >= 4 is 0 Å². The van der Waals surface area contributed by atoms with E-state index in [1.807, 2.05) is 0 Å². The number of unbranched alkanes of at least 4 members (excludes halogenated alkanes) is 1. The van der Waals surface area contributed by atoms with Crippen molar-refractivity contribution in [2.24, 2.45) is 5.41 Å². The molecule has 0 radical (unpaired) electrons. The molecule has 156 valence electrons. The average molecular weight is 379 g/mol. The van der Waals surface area contributed by atoms with Crippen LogP contribution in [0.1, 0.15) is 98.3 Å². The van der Waals surface area contributed by atoms with Crippen molar-refractivity contribution in [3.8, 4) is 5.75 Å². The summed E-state index contributed by atoms with van der Waals surface area (Å²) >= 11 is 0. The number of aliphatic hydroxyl groups excluding tert-OH is 2. The Labute approximate surface area is 166 Å². The molecule has 0 fully saturated rings. The third-order valence-electron chi connectivity index (χ3n) is 5.98. The number of rotatable bonds is 7. The minimum Gasteiger partial charge on any atom is -0.507 e. The lowest BCUT2D eigenvalue weighted by Gasteiger charge is -2.40. The lowest BCUT2D eigenvalue weighted by atomic mass is 9.68. The number of aliphatic hydroxyl groups is 2. The van der Waals surface area contributed by atoms with E-state index >= 15 is 0 Å². The van der Waals surface area contributed by atoms with Gasteiger partial charge in [-0.3, -0.25) is 0 Å². The zero-order valence-corrected chi connectivity index (χ0v) is 19.0. The zero-order chi connectivity index (χ0) is 21.2. The standard InChI is InChI=1S/C24H42O3/c1-10-11-12-24(16(2)25,17(3)26)15-18-13-19(22(4,5)6)21(27)20(14-18)23(7,8)9/h13-14,16-17,25-27H,10-12,15H2,1-9H3. The highest BCUT2D eigenvalue weighted by Crippen LogP contribution is 2.43. The SMILES string of the molecule is CCCCC(Cc1cc(C(C)(C)C)c(O)c(C(C)(C)C)c1)(C(C)O)C(C)O. The summed E-state index contributed by atoms with van der Waals surface area (Å²) in [6.07, 6.45) is 2.12. The molecule has 0 aromatic heterocycles. The maximum absolute atomic E-state index is 10.9. The fourth-order valence-corrected chi connectivity index (χ4v) is 3.98. The second-order valence-electron chi connectivity index (χ2n) is 10.4. The van der Waals surface area contributed by atoms with E-state index in [0.29, 0.717) is 12.2 Å². The van der Waals surface area contributed by atoms with Crippen molar-refractivity contribution in [2.75, 3.05) is 0 Å². The minimum absolute atomic E-state index is 0.193. The fraction of sp³-hybridized carbons (Fsp3) is 0.750. The summed E-state index contributed by atoms with van der Waals surface area (Å²) in [6, 6.07) is 4.13. The van der Waals surface area contributed by atoms with Crippen LogP contribution in [0.15, 0.2) is 12.1 Å². The topological polar surface area (TPSA) is 60.7 Å². The quantitative estimate of drug-likeness (QED) is 0.590. The summed E-state index contributed by atoms with van der Waals surface area (Å²) in [5.74, 6) is 0.368. The molecule has 1 aromatic rings. The Balaban J connectivity index is 3.59. The van der Waals surface area contributed by atoms with Gasteiger partial charge in [-0.25, -0.2) is 0 Å². The van der Waals surface area contributed by atoms with Crippen molar-refractivity contribution in [2.45, 2.75) is 111 Å². The van der Waals surface area contributed by atoms with Crippen LogP contribution in [0.4, 0.5) is 0 Å². The third kappa shape index (κ3) is 5.48. The Morgan fingerprint density at radius 1 is 0.852 bits per heavy atom. The van der Waals surface area contributed by atoms with Crippen molar-refractivity contribution in [3.63, 3.8) is 0 Å². The van der Waals surface area contributed by atoms with Gasteiger partial charge in [0, 0.05) is 5.41 Å². The Kier molecular flexibility index (Phi) is 7.57. The molecule has 0 bridgehead atoms. The van der Waals surface area contributed by atoms with Crippen LogP contribution < -0.4 is 0 Å². The molecule has 0 amide bonds. The largest absolute Gasteiger partial charge is 0.507 e. The summed E-state index contributed by atoms with van der Waals surface area (Å²) < 4.78 is 0. The Hall–Kier alpha value is -1.06. The molecule has 1 rings (SSSR count). The number of phenolic OH excluding ortho intramolecular Hbond substituents is 1. The molecule has 27 heavy (non-hydrogen) atoms. The third-order valence-corrected chi connectivity index (χ3v) is 5.98. The Bertz CT molecular complexity index is 572. The normalized spacial score (nSPS) is 17.4. The molecule has 3 N–H and O–H groups in total. The van der Waals surface area contributed by atoms with Gasteiger partial charge >= 0.3 is 0 Å². The maximum atomic E-state index is 10.9. The van der Waals surface area contributed by atoms with E-state index in [0.717, 1.165) is 36.0 Å². The first-order valence-electron chi connectivity index (χ1n) is 10.4. The van der Waals surface area contributed by atoms with Crippen LogP contribution in [-0.2, 0) is 17.3 Å². The van der Waals surface area contributed by atoms with Gasteiger partial charge in [0.15, 0.2) is 0 Å². The van der Waals surface area contributed by atoms with Crippen molar-refractivity contribution in [1.82, 2.24) is 0 Å². The van der Waals surface area contributed by atoms with Crippen molar-refractivity contribution < 1.29 is 15.3 Å².